The predicted molar refractivity (Wildman–Crippen MR) is 108 cm³/mol. The van der Waals surface area contributed by atoms with Crippen molar-refractivity contribution in [3.63, 3.8) is 0 Å². The zero-order valence-corrected chi connectivity index (χ0v) is 15.7. The van der Waals surface area contributed by atoms with Gasteiger partial charge >= 0.3 is 11.9 Å². The molecule has 1 aromatic heterocycles. The number of amides is 2. The monoisotopic (exact) mass is 412 g/mol. The summed E-state index contributed by atoms with van der Waals surface area (Å²) in [6.45, 7) is 0. The lowest BCUT2D eigenvalue weighted by Gasteiger charge is -2.15. The van der Waals surface area contributed by atoms with Crippen LogP contribution in [0.5, 0.6) is 0 Å². The molecule has 0 saturated carbocycles. The molecule has 4 rings (SSSR count). The van der Waals surface area contributed by atoms with Crippen LogP contribution in [-0.4, -0.2) is 39.0 Å². The van der Waals surface area contributed by atoms with E-state index in [2.05, 4.69) is 16.8 Å². The maximum atomic E-state index is 12.9. The molecule has 150 valence electrons. The Morgan fingerprint density at radius 2 is 1.48 bits per heavy atom. The normalized spacial score (nSPS) is 12.2. The molecule has 2 amide bonds. The van der Waals surface area contributed by atoms with Crippen LogP contribution in [0.3, 0.4) is 0 Å². The molecule has 8 heteroatoms. The van der Waals surface area contributed by atoms with Crippen molar-refractivity contribution >= 4 is 29.4 Å². The number of hydrogen-bond donors (Lipinski definition) is 2. The van der Waals surface area contributed by atoms with Crippen LogP contribution >= 0.6 is 0 Å². The third-order valence-corrected chi connectivity index (χ3v) is 4.56. The summed E-state index contributed by atoms with van der Waals surface area (Å²) in [5.41, 5.74) is 0.393. The standard InChI is InChI=1S/C23H12N2O6/c26-20-18-7-5-13(4-6-16-3-1-2-8-24-16)9-19(18)21(27)25(20)17-11-14(22(28)29)10-15(12-17)23(30)31/h1-3,5,7-12H,(H,28,29)(H,30,31). The van der Waals surface area contributed by atoms with Gasteiger partial charge in [-0.2, -0.15) is 0 Å². The van der Waals surface area contributed by atoms with Crippen molar-refractivity contribution < 1.29 is 29.4 Å². The number of aromatic carboxylic acids is 2. The molecule has 2 aromatic carbocycles. The number of pyridine rings is 1. The van der Waals surface area contributed by atoms with Gasteiger partial charge in [-0.3, -0.25) is 9.59 Å². The number of carbonyl (C=O) groups excluding carboxylic acids is 2. The third kappa shape index (κ3) is 3.63. The number of fused-ring (bicyclic) bond motifs is 1. The van der Waals surface area contributed by atoms with Crippen molar-refractivity contribution in [3.05, 3.63) is 94.3 Å². The predicted octanol–water partition coefficient (Wildman–Crippen LogP) is 2.68. The quantitative estimate of drug-likeness (QED) is 0.500. The van der Waals surface area contributed by atoms with E-state index in [1.165, 1.54) is 12.1 Å². The Bertz CT molecular complexity index is 1300. The number of anilines is 1. The molecule has 2 N–H and O–H groups in total. The van der Waals surface area contributed by atoms with Gasteiger partial charge in [0.2, 0.25) is 0 Å². The number of aromatic nitrogens is 1. The van der Waals surface area contributed by atoms with Gasteiger partial charge in [0.05, 0.1) is 27.9 Å². The number of carboxylic acid groups (broad SMARTS) is 2. The Morgan fingerprint density at radius 3 is 2.10 bits per heavy atom. The summed E-state index contributed by atoms with van der Waals surface area (Å²) in [4.78, 5) is 53.3. The first-order valence-electron chi connectivity index (χ1n) is 8.93. The van der Waals surface area contributed by atoms with Gasteiger partial charge in [-0.1, -0.05) is 12.0 Å². The average molecular weight is 412 g/mol. The van der Waals surface area contributed by atoms with E-state index in [0.717, 1.165) is 23.1 Å². The molecular weight excluding hydrogens is 400 g/mol. The van der Waals surface area contributed by atoms with Gasteiger partial charge in [-0.25, -0.2) is 19.5 Å². The van der Waals surface area contributed by atoms with Gasteiger partial charge in [-0.15, -0.1) is 0 Å². The summed E-state index contributed by atoms with van der Waals surface area (Å²) in [7, 11) is 0. The van der Waals surface area contributed by atoms with Gasteiger partial charge in [0.15, 0.2) is 0 Å². The number of rotatable bonds is 3. The van der Waals surface area contributed by atoms with Crippen LogP contribution in [0.15, 0.2) is 60.8 Å². The fourth-order valence-electron chi connectivity index (χ4n) is 3.11. The number of imide groups is 1. The average Bonchev–Trinajstić information content (AvgIpc) is 3.02. The maximum Gasteiger partial charge on any atom is 0.335 e. The number of hydrogen-bond acceptors (Lipinski definition) is 5. The number of carboxylic acids is 2. The molecule has 2 heterocycles. The molecule has 0 saturated heterocycles. The van der Waals surface area contributed by atoms with Crippen molar-refractivity contribution in [2.75, 3.05) is 4.90 Å². The number of carbonyl (C=O) groups is 4. The molecular formula is C23H12N2O6. The minimum Gasteiger partial charge on any atom is -0.478 e. The van der Waals surface area contributed by atoms with Crippen LogP contribution in [0.4, 0.5) is 5.69 Å². The first kappa shape index (κ1) is 19.5. The van der Waals surface area contributed by atoms with Gasteiger partial charge < -0.3 is 10.2 Å². The summed E-state index contributed by atoms with van der Waals surface area (Å²) >= 11 is 0. The number of nitrogens with zero attached hydrogens (tertiary/aromatic N) is 2. The largest absolute Gasteiger partial charge is 0.478 e. The van der Waals surface area contributed by atoms with Crippen LogP contribution in [-0.2, 0) is 0 Å². The van der Waals surface area contributed by atoms with Gasteiger partial charge in [0, 0.05) is 11.8 Å². The molecule has 0 unspecified atom stereocenters. The zero-order valence-electron chi connectivity index (χ0n) is 15.7. The van der Waals surface area contributed by atoms with Crippen LogP contribution in [0.2, 0.25) is 0 Å². The first-order valence-corrected chi connectivity index (χ1v) is 8.93. The lowest BCUT2D eigenvalue weighted by molar-refractivity contribution is 0.0695. The second-order valence-corrected chi connectivity index (χ2v) is 6.55. The van der Waals surface area contributed by atoms with Crippen molar-refractivity contribution in [2.24, 2.45) is 0 Å². The Kier molecular flexibility index (Phi) is 4.77. The van der Waals surface area contributed by atoms with Gasteiger partial charge in [0.1, 0.15) is 5.69 Å². The topological polar surface area (TPSA) is 125 Å². The Balaban J connectivity index is 1.74. The van der Waals surface area contributed by atoms with Crippen LogP contribution in [0.25, 0.3) is 0 Å². The lowest BCUT2D eigenvalue weighted by Crippen LogP contribution is -2.29. The van der Waals surface area contributed by atoms with E-state index in [0.29, 0.717) is 11.3 Å². The van der Waals surface area contributed by atoms with E-state index in [1.54, 1.807) is 30.5 Å². The van der Waals surface area contributed by atoms with Gasteiger partial charge in [0.25, 0.3) is 11.8 Å². The van der Waals surface area contributed by atoms with Crippen molar-refractivity contribution in [2.45, 2.75) is 0 Å². The molecule has 31 heavy (non-hydrogen) atoms. The molecule has 1 aliphatic heterocycles. The van der Waals surface area contributed by atoms with E-state index in [-0.39, 0.29) is 27.9 Å². The smallest absolute Gasteiger partial charge is 0.335 e. The molecule has 0 atom stereocenters. The van der Waals surface area contributed by atoms with Crippen LogP contribution in [0.1, 0.15) is 52.7 Å². The van der Waals surface area contributed by atoms with E-state index in [9.17, 15) is 29.4 Å². The molecule has 3 aromatic rings. The Hall–Kier alpha value is -4.77. The van der Waals surface area contributed by atoms with E-state index in [1.807, 2.05) is 0 Å². The summed E-state index contributed by atoms with van der Waals surface area (Å²) in [5.74, 6) is 1.60. The van der Waals surface area contributed by atoms with Crippen LogP contribution < -0.4 is 4.90 Å². The third-order valence-electron chi connectivity index (χ3n) is 4.56. The van der Waals surface area contributed by atoms with Gasteiger partial charge in [-0.05, 0) is 54.5 Å². The first-order chi connectivity index (χ1) is 14.8. The molecule has 1 aliphatic rings. The fraction of sp³-hybridized carbons (Fsp3) is 0. The molecule has 0 fully saturated rings. The minimum atomic E-state index is -1.38. The molecule has 0 bridgehead atoms. The lowest BCUT2D eigenvalue weighted by atomic mass is 10.1. The molecule has 0 radical (unpaired) electrons. The Labute approximate surface area is 175 Å². The second kappa shape index (κ2) is 7.57. The second-order valence-electron chi connectivity index (χ2n) is 6.55. The summed E-state index contributed by atoms with van der Waals surface area (Å²) in [6, 6.07) is 12.9. The highest BCUT2D eigenvalue weighted by molar-refractivity contribution is 6.34. The zero-order chi connectivity index (χ0) is 22.1. The van der Waals surface area contributed by atoms with Crippen molar-refractivity contribution in [3.8, 4) is 11.8 Å². The van der Waals surface area contributed by atoms with E-state index >= 15 is 0 Å². The van der Waals surface area contributed by atoms with Crippen LogP contribution in [0, 0.1) is 11.8 Å². The fourth-order valence-corrected chi connectivity index (χ4v) is 3.11. The summed E-state index contributed by atoms with van der Waals surface area (Å²) < 4.78 is 0. The Morgan fingerprint density at radius 1 is 0.806 bits per heavy atom. The molecule has 8 nitrogen and oxygen atoms in total. The molecule has 0 aliphatic carbocycles. The van der Waals surface area contributed by atoms with E-state index < -0.39 is 23.8 Å². The summed E-state index contributed by atoms with van der Waals surface area (Å²) in [6.07, 6.45) is 1.60. The SMILES string of the molecule is O=C(O)c1cc(C(=O)O)cc(N2C(=O)c3ccc(C#Cc4ccccn4)cc3C2=O)c1. The highest BCUT2D eigenvalue weighted by Gasteiger charge is 2.37. The number of benzene rings is 2. The minimum absolute atomic E-state index is 0.0930. The highest BCUT2D eigenvalue weighted by Crippen LogP contribution is 2.30. The van der Waals surface area contributed by atoms with Crippen molar-refractivity contribution in [1.29, 1.82) is 0 Å². The highest BCUT2D eigenvalue weighted by atomic mass is 16.4. The van der Waals surface area contributed by atoms with E-state index in [4.69, 9.17) is 0 Å². The maximum absolute atomic E-state index is 12.9. The molecule has 0 spiro atoms. The summed E-state index contributed by atoms with van der Waals surface area (Å²) in [5, 5.41) is 18.5. The van der Waals surface area contributed by atoms with Crippen molar-refractivity contribution in [1.82, 2.24) is 4.98 Å².